The van der Waals surface area contributed by atoms with Crippen LogP contribution in [0.25, 0.3) is 0 Å². The number of aromatic hydroxyl groups is 1. The average molecular weight is 806 g/mol. The van der Waals surface area contributed by atoms with E-state index in [1.807, 2.05) is 0 Å². The molecule has 1 atom stereocenters. The second kappa shape index (κ2) is 21.5. The number of hydrogen-bond acceptors (Lipinski definition) is 8. The molecular formula is C41H57ClN2O8S2. The Hall–Kier alpha value is -3.61. The van der Waals surface area contributed by atoms with Crippen molar-refractivity contribution in [3.8, 4) is 11.5 Å². The molecule has 3 rings (SSSR count). The summed E-state index contributed by atoms with van der Waals surface area (Å²) in [6.07, 6.45) is 14.7. The Morgan fingerprint density at radius 2 is 1.20 bits per heavy atom. The van der Waals surface area contributed by atoms with Crippen molar-refractivity contribution >= 4 is 54.5 Å². The number of phenolic OH excluding ortho intramolecular Hbond substituents is 1. The van der Waals surface area contributed by atoms with Crippen LogP contribution in [0.4, 0.5) is 11.4 Å². The second-order valence-corrected chi connectivity index (χ2v) is 19.0. The molecule has 0 radical (unpaired) electrons. The van der Waals surface area contributed by atoms with E-state index in [0.29, 0.717) is 6.42 Å². The highest BCUT2D eigenvalue weighted by Crippen LogP contribution is 2.29. The van der Waals surface area contributed by atoms with Crippen LogP contribution >= 0.6 is 11.6 Å². The molecule has 1 unspecified atom stereocenters. The number of benzene rings is 3. The lowest BCUT2D eigenvalue weighted by Gasteiger charge is -2.25. The predicted octanol–water partition coefficient (Wildman–Crippen LogP) is 10.1. The Bertz CT molecular complexity index is 1860. The Morgan fingerprint density at radius 3 is 1.70 bits per heavy atom. The minimum Gasteiger partial charge on any atom is -0.508 e. The van der Waals surface area contributed by atoms with Crippen molar-refractivity contribution in [2.75, 3.05) is 15.8 Å². The van der Waals surface area contributed by atoms with Gasteiger partial charge in [-0.1, -0.05) is 123 Å². The maximum atomic E-state index is 13.6. The van der Waals surface area contributed by atoms with E-state index in [2.05, 4.69) is 17.0 Å². The maximum Gasteiger partial charge on any atom is 0.273 e. The predicted molar refractivity (Wildman–Crippen MR) is 217 cm³/mol. The van der Waals surface area contributed by atoms with Crippen molar-refractivity contribution in [3.63, 3.8) is 0 Å². The summed E-state index contributed by atoms with van der Waals surface area (Å²) in [7, 11) is -7.58. The third-order valence-electron chi connectivity index (χ3n) is 9.01. The van der Waals surface area contributed by atoms with Gasteiger partial charge in [0, 0.05) is 5.41 Å². The zero-order chi connectivity index (χ0) is 39.8. The van der Waals surface area contributed by atoms with Gasteiger partial charge in [-0.15, -0.1) is 0 Å². The van der Waals surface area contributed by atoms with Gasteiger partial charge in [-0.05, 0) is 73.2 Å². The third-order valence-corrected chi connectivity index (χ3v) is 12.5. The number of unbranched alkanes of at least 4 members (excludes halogenated alkanes) is 13. The highest BCUT2D eigenvalue weighted by atomic mass is 35.5. The van der Waals surface area contributed by atoms with E-state index in [0.717, 1.165) is 19.3 Å². The number of anilines is 2. The molecule has 0 saturated carbocycles. The highest BCUT2D eigenvalue weighted by Gasteiger charge is 2.37. The molecule has 54 heavy (non-hydrogen) atoms. The van der Waals surface area contributed by atoms with Gasteiger partial charge < -0.3 is 15.2 Å². The SMILES string of the molecule is CCCCCCCCCCCCCCCCS(=O)(=O)Nc1ccc(Cl)c(NC(=O)C(Oc2ccc(S(=O)(=O)c3ccc(O)cc3)cc2)C(=O)C(C)(C)C)c1. The number of carbonyl (C=O) groups excluding carboxylic acids is 2. The van der Waals surface area contributed by atoms with Crippen molar-refractivity contribution in [3.05, 3.63) is 71.8 Å². The summed E-state index contributed by atoms with van der Waals surface area (Å²) in [5.41, 5.74) is -0.729. The molecule has 0 aliphatic rings. The molecule has 1 amide bonds. The summed E-state index contributed by atoms with van der Waals surface area (Å²) in [6, 6.07) is 14.7. The molecule has 0 fully saturated rings. The molecular weight excluding hydrogens is 748 g/mol. The van der Waals surface area contributed by atoms with Crippen LogP contribution in [0.2, 0.25) is 5.02 Å². The van der Waals surface area contributed by atoms with Crippen molar-refractivity contribution in [1.29, 1.82) is 0 Å². The van der Waals surface area contributed by atoms with E-state index in [9.17, 15) is 31.5 Å². The van der Waals surface area contributed by atoms with Gasteiger partial charge in [0.1, 0.15) is 11.5 Å². The van der Waals surface area contributed by atoms with Crippen LogP contribution in [-0.4, -0.2) is 45.5 Å². The number of nitrogens with one attached hydrogen (secondary N) is 2. The lowest BCUT2D eigenvalue weighted by atomic mass is 9.87. The van der Waals surface area contributed by atoms with Crippen molar-refractivity contribution in [2.24, 2.45) is 5.41 Å². The van der Waals surface area contributed by atoms with Gasteiger partial charge >= 0.3 is 0 Å². The van der Waals surface area contributed by atoms with E-state index in [1.54, 1.807) is 20.8 Å². The monoisotopic (exact) mass is 804 g/mol. The Kier molecular flexibility index (Phi) is 17.8. The van der Waals surface area contributed by atoms with Crippen LogP contribution in [-0.2, 0) is 29.4 Å². The minimum absolute atomic E-state index is 0.0228. The molecule has 3 aromatic carbocycles. The number of sulfonamides is 1. The minimum atomic E-state index is -3.91. The van der Waals surface area contributed by atoms with Gasteiger partial charge in [0.2, 0.25) is 26.0 Å². The summed E-state index contributed by atoms with van der Waals surface area (Å²) in [4.78, 5) is 26.9. The van der Waals surface area contributed by atoms with E-state index in [1.165, 1.54) is 131 Å². The number of amides is 1. The molecule has 0 heterocycles. The number of Topliss-reactive ketones (excluding diaryl/α,β-unsaturated/α-hetero) is 1. The standard InChI is InChI=1S/C41H57ClN2O8S2/c1-5-6-7-8-9-10-11-12-13-14-15-16-17-18-29-53(48,49)44-31-19-28-36(42)37(30-31)43-40(47)38(39(46)41(2,3)4)52-33-22-26-35(27-23-33)54(50,51)34-24-20-32(45)21-25-34/h19-28,30,38,44-45H,5-18,29H2,1-4H3,(H,43,47). The van der Waals surface area contributed by atoms with E-state index >= 15 is 0 Å². The smallest absolute Gasteiger partial charge is 0.273 e. The molecule has 3 N–H and O–H groups in total. The van der Waals surface area contributed by atoms with Gasteiger partial charge in [-0.2, -0.15) is 0 Å². The van der Waals surface area contributed by atoms with Gasteiger partial charge in [0.15, 0.2) is 5.78 Å². The first kappa shape index (κ1) is 44.8. The molecule has 0 bridgehead atoms. The van der Waals surface area contributed by atoms with Gasteiger partial charge in [-0.3, -0.25) is 14.3 Å². The maximum absolute atomic E-state index is 13.6. The number of phenols is 1. The quantitative estimate of drug-likeness (QED) is 0.0597. The zero-order valence-electron chi connectivity index (χ0n) is 32.0. The number of rotatable bonds is 24. The molecule has 13 heteroatoms. The van der Waals surface area contributed by atoms with Crippen molar-refractivity contribution in [2.45, 2.75) is 133 Å². The van der Waals surface area contributed by atoms with Crippen LogP contribution < -0.4 is 14.8 Å². The average Bonchev–Trinajstić information content (AvgIpc) is 3.11. The first-order chi connectivity index (χ1) is 25.5. The van der Waals surface area contributed by atoms with Crippen molar-refractivity contribution in [1.82, 2.24) is 0 Å². The zero-order valence-corrected chi connectivity index (χ0v) is 34.4. The Labute approximate surface area is 327 Å². The largest absolute Gasteiger partial charge is 0.508 e. The van der Waals surface area contributed by atoms with Crippen LogP contribution in [0, 0.1) is 5.41 Å². The fourth-order valence-corrected chi connectivity index (χ4v) is 8.41. The van der Waals surface area contributed by atoms with Crippen LogP contribution in [0.1, 0.15) is 118 Å². The third kappa shape index (κ3) is 14.9. The summed E-state index contributed by atoms with van der Waals surface area (Å²) in [6.45, 7) is 7.13. The molecule has 10 nitrogen and oxygen atoms in total. The second-order valence-electron chi connectivity index (χ2n) is 14.8. The van der Waals surface area contributed by atoms with E-state index in [-0.39, 0.29) is 43.4 Å². The topological polar surface area (TPSA) is 156 Å². The normalized spacial score (nSPS) is 12.6. The number of halogens is 1. The Balaban J connectivity index is 1.55. The fraction of sp³-hybridized carbons (Fsp3) is 0.512. The lowest BCUT2D eigenvalue weighted by Crippen LogP contribution is -2.45. The number of carbonyl (C=O) groups is 2. The van der Waals surface area contributed by atoms with Crippen LogP contribution in [0.5, 0.6) is 11.5 Å². The van der Waals surface area contributed by atoms with Crippen molar-refractivity contribution < 1.29 is 36.3 Å². The Morgan fingerprint density at radius 1 is 0.722 bits per heavy atom. The van der Waals surface area contributed by atoms with Crippen LogP contribution in [0.15, 0.2) is 76.5 Å². The number of ketones is 1. The van der Waals surface area contributed by atoms with Crippen LogP contribution in [0.3, 0.4) is 0 Å². The first-order valence-corrected chi connectivity index (χ1v) is 22.5. The van der Waals surface area contributed by atoms with E-state index < -0.39 is 43.1 Å². The highest BCUT2D eigenvalue weighted by molar-refractivity contribution is 7.92. The number of ether oxygens (including phenoxy) is 1. The first-order valence-electron chi connectivity index (χ1n) is 19.0. The molecule has 0 spiro atoms. The molecule has 0 aromatic heterocycles. The summed E-state index contributed by atoms with van der Waals surface area (Å²) in [5, 5.41) is 12.2. The number of hydrogen-bond donors (Lipinski definition) is 3. The molecule has 0 aliphatic carbocycles. The lowest BCUT2D eigenvalue weighted by molar-refractivity contribution is -0.140. The molecule has 0 aliphatic heterocycles. The van der Waals surface area contributed by atoms with E-state index in [4.69, 9.17) is 16.3 Å². The van der Waals surface area contributed by atoms with Gasteiger partial charge in [0.05, 0.1) is 31.9 Å². The molecule has 3 aromatic rings. The molecule has 0 saturated heterocycles. The fourth-order valence-electron chi connectivity index (χ4n) is 5.81. The summed E-state index contributed by atoms with van der Waals surface area (Å²) >= 11 is 6.38. The molecule has 298 valence electrons. The van der Waals surface area contributed by atoms with Gasteiger partial charge in [-0.25, -0.2) is 16.8 Å². The summed E-state index contributed by atoms with van der Waals surface area (Å²) in [5.74, 6) is -1.45. The number of sulfone groups is 1. The summed E-state index contributed by atoms with van der Waals surface area (Å²) < 4.78 is 60.3. The van der Waals surface area contributed by atoms with Gasteiger partial charge in [0.25, 0.3) is 5.91 Å².